The average molecular weight is 534 g/mol. The second-order valence-corrected chi connectivity index (χ2v) is 10.9. The first kappa shape index (κ1) is 29.1. The Morgan fingerprint density at radius 3 is 2.57 bits per heavy atom. The lowest BCUT2D eigenvalue weighted by Crippen LogP contribution is -2.59. The van der Waals surface area contributed by atoms with Crippen LogP contribution in [0.4, 0.5) is 0 Å². The number of amides is 2. The topological polar surface area (TPSA) is 114 Å². The van der Waals surface area contributed by atoms with Crippen LogP contribution in [0.15, 0.2) is 30.3 Å². The van der Waals surface area contributed by atoms with Gasteiger partial charge in [-0.1, -0.05) is 30.3 Å². The van der Waals surface area contributed by atoms with Gasteiger partial charge in [-0.15, -0.1) is 0 Å². The minimum atomic E-state index is -1.04. The molecule has 37 heavy (non-hydrogen) atoms. The van der Waals surface area contributed by atoms with Crippen LogP contribution in [-0.2, 0) is 35.2 Å². The van der Waals surface area contributed by atoms with Crippen LogP contribution in [0, 0.1) is 0 Å². The smallest absolute Gasteiger partial charge is 0.331 e. The number of nitrogens with zero attached hydrogens (tertiary/aromatic N) is 1. The Morgan fingerprint density at radius 1 is 1.22 bits per heavy atom. The molecule has 0 saturated carbocycles. The Labute approximate surface area is 223 Å². The Morgan fingerprint density at radius 2 is 1.97 bits per heavy atom. The zero-order valence-corrected chi connectivity index (χ0v) is 22.8. The van der Waals surface area contributed by atoms with Gasteiger partial charge in [-0.05, 0) is 70.1 Å². The molecule has 2 N–H and O–H groups in total. The van der Waals surface area contributed by atoms with Gasteiger partial charge >= 0.3 is 5.97 Å². The quantitative estimate of drug-likeness (QED) is 0.277. The lowest BCUT2D eigenvalue weighted by molar-refractivity contribution is -0.216. The zero-order valence-electron chi connectivity index (χ0n) is 22.0. The number of thioether (sulfide) groups is 1. The van der Waals surface area contributed by atoms with E-state index in [0.717, 1.165) is 17.0 Å². The van der Waals surface area contributed by atoms with Gasteiger partial charge < -0.3 is 15.4 Å². The number of rotatable bonds is 14. The number of ether oxygens (including phenoxy) is 1. The van der Waals surface area contributed by atoms with E-state index in [1.54, 1.807) is 25.6 Å². The van der Waals surface area contributed by atoms with E-state index in [1.807, 2.05) is 36.6 Å². The van der Waals surface area contributed by atoms with Crippen molar-refractivity contribution in [3.05, 3.63) is 35.9 Å². The van der Waals surface area contributed by atoms with Gasteiger partial charge in [0.15, 0.2) is 11.8 Å². The maximum absolute atomic E-state index is 13.5. The van der Waals surface area contributed by atoms with Gasteiger partial charge in [0.1, 0.15) is 12.1 Å². The predicted octanol–water partition coefficient (Wildman–Crippen LogP) is 2.42. The number of carbonyl (C=O) groups is 4. The molecular weight excluding hydrogens is 494 g/mol. The van der Waals surface area contributed by atoms with Crippen molar-refractivity contribution in [1.29, 1.82) is 0 Å². The van der Waals surface area contributed by atoms with Crippen LogP contribution in [-0.4, -0.2) is 77.5 Å². The van der Waals surface area contributed by atoms with E-state index in [1.165, 1.54) is 0 Å². The number of hydrogen-bond acceptors (Lipinski definition) is 8. The van der Waals surface area contributed by atoms with Crippen molar-refractivity contribution in [3.8, 4) is 0 Å². The van der Waals surface area contributed by atoms with Crippen molar-refractivity contribution in [2.24, 2.45) is 0 Å². The van der Waals surface area contributed by atoms with E-state index in [0.29, 0.717) is 44.4 Å². The summed E-state index contributed by atoms with van der Waals surface area (Å²) in [7, 11) is 0. The van der Waals surface area contributed by atoms with E-state index in [4.69, 9.17) is 9.57 Å². The fraction of sp³-hybridized carbons (Fsp3) is 0.630. The number of esters is 1. The second kappa shape index (κ2) is 13.9. The molecule has 3 atom stereocenters. The minimum Gasteiger partial charge on any atom is -0.461 e. The van der Waals surface area contributed by atoms with Crippen LogP contribution in [0.25, 0.3) is 0 Å². The summed E-state index contributed by atoms with van der Waals surface area (Å²) >= 11 is 1.56. The molecule has 2 aliphatic heterocycles. The number of Topliss-reactive ketones (excluding diaryl/α,β-unsaturated/α-hetero) is 1. The normalized spacial score (nSPS) is 22.1. The van der Waals surface area contributed by atoms with Crippen molar-refractivity contribution in [1.82, 2.24) is 15.7 Å². The summed E-state index contributed by atoms with van der Waals surface area (Å²) in [6, 6.07) is 8.13. The van der Waals surface area contributed by atoms with Gasteiger partial charge in [-0.2, -0.15) is 11.8 Å². The number of hydroxylamine groups is 2. The molecule has 0 bridgehead atoms. The van der Waals surface area contributed by atoms with Crippen molar-refractivity contribution >= 4 is 35.3 Å². The molecule has 2 saturated heterocycles. The summed E-state index contributed by atoms with van der Waals surface area (Å²) < 4.78 is 5.49. The fourth-order valence-electron chi connectivity index (χ4n) is 4.75. The highest BCUT2D eigenvalue weighted by Gasteiger charge is 2.47. The molecule has 2 heterocycles. The standard InChI is InChI=1S/C27H39N3O6S/c1-19(2)36-26(34)22(14-17-37-3)30(24(32)13-10-20-8-5-4-6-9-20)35-18-27(15-7-16-28-27)25(33)21-11-12-23(31)29-21/h4-6,8-9,19,21-22,28H,7,10-18H2,1-3H3,(H,29,31)/t21-,22-,27-/m0/s1. The van der Waals surface area contributed by atoms with Crippen molar-refractivity contribution in [3.63, 3.8) is 0 Å². The molecule has 9 nitrogen and oxygen atoms in total. The van der Waals surface area contributed by atoms with Gasteiger partial charge in [0.2, 0.25) is 11.8 Å². The largest absolute Gasteiger partial charge is 0.461 e. The monoisotopic (exact) mass is 533 g/mol. The fourth-order valence-corrected chi connectivity index (χ4v) is 5.21. The summed E-state index contributed by atoms with van der Waals surface area (Å²) in [6.45, 7) is 4.04. The first-order valence-corrected chi connectivity index (χ1v) is 14.4. The number of nitrogens with one attached hydrogen (secondary N) is 2. The molecule has 0 unspecified atom stereocenters. The number of ketones is 1. The summed E-state index contributed by atoms with van der Waals surface area (Å²) in [5.74, 6) is -0.526. The van der Waals surface area contributed by atoms with Gasteiger partial charge in [-0.25, -0.2) is 9.86 Å². The molecule has 204 valence electrons. The number of hydrogen-bond donors (Lipinski definition) is 2. The molecule has 1 aromatic rings. The molecule has 0 radical (unpaired) electrons. The van der Waals surface area contributed by atoms with Crippen LogP contribution in [0.5, 0.6) is 0 Å². The van der Waals surface area contributed by atoms with Crippen LogP contribution in [0.3, 0.4) is 0 Å². The molecule has 1 aromatic carbocycles. The maximum atomic E-state index is 13.5. The van der Waals surface area contributed by atoms with Crippen LogP contribution < -0.4 is 10.6 Å². The minimum absolute atomic E-state index is 0.111. The molecule has 3 rings (SSSR count). The second-order valence-electron chi connectivity index (χ2n) is 9.90. The SMILES string of the molecule is CSCC[C@@H](C(=O)OC(C)C)N(OC[C@]1(C(=O)[C@@H]2CCC(=O)N2)CCCN1)C(=O)CCc1ccccc1. The molecule has 2 aliphatic rings. The highest BCUT2D eigenvalue weighted by atomic mass is 32.2. The Kier molecular flexibility index (Phi) is 11.0. The summed E-state index contributed by atoms with van der Waals surface area (Å²) in [5.41, 5.74) is -0.0333. The molecule has 2 amide bonds. The molecule has 0 spiro atoms. The van der Waals surface area contributed by atoms with E-state index >= 15 is 0 Å². The zero-order chi connectivity index (χ0) is 26.8. The molecule has 0 aliphatic carbocycles. The van der Waals surface area contributed by atoms with E-state index in [-0.39, 0.29) is 36.7 Å². The van der Waals surface area contributed by atoms with Crippen molar-refractivity contribution in [2.45, 2.75) is 82.5 Å². The molecule has 2 fully saturated rings. The maximum Gasteiger partial charge on any atom is 0.331 e. The van der Waals surface area contributed by atoms with E-state index in [2.05, 4.69) is 10.6 Å². The van der Waals surface area contributed by atoms with Gasteiger partial charge in [-0.3, -0.25) is 19.2 Å². The first-order chi connectivity index (χ1) is 17.8. The Balaban J connectivity index is 1.81. The van der Waals surface area contributed by atoms with Crippen molar-refractivity contribution < 1.29 is 28.8 Å². The first-order valence-electron chi connectivity index (χ1n) is 13.0. The van der Waals surface area contributed by atoms with E-state index in [9.17, 15) is 19.2 Å². The third kappa shape index (κ3) is 8.02. The number of benzene rings is 1. The summed E-state index contributed by atoms with van der Waals surface area (Å²) in [6.07, 6.45) is 4.62. The lowest BCUT2D eigenvalue weighted by atomic mass is 9.88. The van der Waals surface area contributed by atoms with Crippen LogP contribution in [0.1, 0.15) is 57.9 Å². The third-order valence-electron chi connectivity index (χ3n) is 6.70. The molecule has 0 aromatic heterocycles. The average Bonchev–Trinajstić information content (AvgIpc) is 3.54. The Bertz CT molecular complexity index is 935. The van der Waals surface area contributed by atoms with Gasteiger partial charge in [0.05, 0.1) is 12.1 Å². The Hall–Kier alpha value is -2.43. The predicted molar refractivity (Wildman–Crippen MR) is 142 cm³/mol. The summed E-state index contributed by atoms with van der Waals surface area (Å²) in [4.78, 5) is 58.0. The summed E-state index contributed by atoms with van der Waals surface area (Å²) in [5, 5.41) is 7.17. The van der Waals surface area contributed by atoms with Crippen LogP contribution >= 0.6 is 11.8 Å². The van der Waals surface area contributed by atoms with Gasteiger partial charge in [0.25, 0.3) is 0 Å². The third-order valence-corrected chi connectivity index (χ3v) is 7.34. The van der Waals surface area contributed by atoms with Crippen molar-refractivity contribution in [2.75, 3.05) is 25.2 Å². The number of aryl methyl sites for hydroxylation is 1. The van der Waals surface area contributed by atoms with Crippen LogP contribution in [0.2, 0.25) is 0 Å². The van der Waals surface area contributed by atoms with E-state index < -0.39 is 23.6 Å². The molecule has 10 heteroatoms. The van der Waals surface area contributed by atoms with Gasteiger partial charge in [0, 0.05) is 12.8 Å². The molecular formula is C27H39N3O6S. The highest BCUT2D eigenvalue weighted by Crippen LogP contribution is 2.27. The number of carbonyl (C=O) groups excluding carboxylic acids is 4. The highest BCUT2D eigenvalue weighted by molar-refractivity contribution is 7.98. The lowest BCUT2D eigenvalue weighted by Gasteiger charge is -2.35.